The third kappa shape index (κ3) is 3.02. The summed E-state index contributed by atoms with van der Waals surface area (Å²) in [6.45, 7) is 3.68. The lowest BCUT2D eigenvalue weighted by Gasteiger charge is -2.37. The molecule has 0 bridgehead atoms. The highest BCUT2D eigenvalue weighted by atomic mass is 16.2. The SMILES string of the molecule is CC(C)C1C(=O)NC(=O)N(C2CCCCCCC2)C1=O. The second-order valence-electron chi connectivity index (χ2n) is 6.22. The van der Waals surface area contributed by atoms with Crippen molar-refractivity contribution in [1.29, 1.82) is 0 Å². The average Bonchev–Trinajstić information content (AvgIpc) is 2.30. The third-order valence-corrected chi connectivity index (χ3v) is 4.34. The molecule has 1 saturated carbocycles. The lowest BCUT2D eigenvalue weighted by molar-refractivity contribution is -0.146. The summed E-state index contributed by atoms with van der Waals surface area (Å²) in [5.74, 6) is -1.57. The second kappa shape index (κ2) is 6.37. The van der Waals surface area contributed by atoms with Crippen molar-refractivity contribution in [2.45, 2.75) is 64.8 Å². The Labute approximate surface area is 120 Å². The number of amides is 4. The quantitative estimate of drug-likeness (QED) is 0.790. The largest absolute Gasteiger partial charge is 0.331 e. The van der Waals surface area contributed by atoms with Crippen LogP contribution < -0.4 is 5.32 Å². The van der Waals surface area contributed by atoms with Crippen molar-refractivity contribution in [3.05, 3.63) is 0 Å². The molecule has 1 atom stereocenters. The van der Waals surface area contributed by atoms with Gasteiger partial charge in [0.1, 0.15) is 5.92 Å². The lowest BCUT2D eigenvalue weighted by Crippen LogP contribution is -2.62. The summed E-state index contributed by atoms with van der Waals surface area (Å²) in [4.78, 5) is 37.7. The van der Waals surface area contributed by atoms with Crippen LogP contribution in [0.5, 0.6) is 0 Å². The van der Waals surface area contributed by atoms with E-state index in [1.54, 1.807) is 0 Å². The van der Waals surface area contributed by atoms with Gasteiger partial charge in [-0.2, -0.15) is 0 Å². The Morgan fingerprint density at radius 2 is 1.55 bits per heavy atom. The predicted molar refractivity (Wildman–Crippen MR) is 74.8 cm³/mol. The summed E-state index contributed by atoms with van der Waals surface area (Å²) in [5.41, 5.74) is 0. The highest BCUT2D eigenvalue weighted by Gasteiger charge is 2.44. The Morgan fingerprint density at radius 1 is 1.00 bits per heavy atom. The fourth-order valence-electron chi connectivity index (χ4n) is 3.23. The van der Waals surface area contributed by atoms with Crippen LogP contribution in [0.25, 0.3) is 0 Å². The third-order valence-electron chi connectivity index (χ3n) is 4.34. The standard InChI is InChI=1S/C15H24N2O3/c1-10(2)12-13(18)16-15(20)17(14(12)19)11-8-6-4-3-5-7-9-11/h10-12H,3-9H2,1-2H3,(H,16,18,20). The molecule has 1 aliphatic carbocycles. The van der Waals surface area contributed by atoms with Gasteiger partial charge >= 0.3 is 6.03 Å². The minimum Gasteiger partial charge on any atom is -0.277 e. The van der Waals surface area contributed by atoms with Crippen LogP contribution in [-0.2, 0) is 9.59 Å². The van der Waals surface area contributed by atoms with E-state index in [1.807, 2.05) is 13.8 Å². The second-order valence-corrected chi connectivity index (χ2v) is 6.22. The molecule has 1 N–H and O–H groups in total. The molecule has 2 aliphatic rings. The topological polar surface area (TPSA) is 66.5 Å². The number of hydrogen-bond donors (Lipinski definition) is 1. The molecule has 1 unspecified atom stereocenters. The molecule has 20 heavy (non-hydrogen) atoms. The number of nitrogens with zero attached hydrogens (tertiary/aromatic N) is 1. The number of urea groups is 1. The Hall–Kier alpha value is -1.39. The van der Waals surface area contributed by atoms with Crippen molar-refractivity contribution in [1.82, 2.24) is 10.2 Å². The van der Waals surface area contributed by atoms with E-state index in [9.17, 15) is 14.4 Å². The Balaban J connectivity index is 2.17. The normalized spacial score (nSPS) is 26.4. The molecule has 5 nitrogen and oxygen atoms in total. The molecule has 0 aromatic heterocycles. The van der Waals surface area contributed by atoms with Gasteiger partial charge in [0.2, 0.25) is 11.8 Å². The van der Waals surface area contributed by atoms with Gasteiger partial charge in [-0.25, -0.2) is 4.79 Å². The van der Waals surface area contributed by atoms with E-state index in [1.165, 1.54) is 11.3 Å². The molecule has 2 rings (SSSR count). The van der Waals surface area contributed by atoms with E-state index in [0.717, 1.165) is 38.5 Å². The highest BCUT2D eigenvalue weighted by Crippen LogP contribution is 2.26. The summed E-state index contributed by atoms with van der Waals surface area (Å²) in [6.07, 6.45) is 7.36. The molecule has 1 heterocycles. The number of hydrogen-bond acceptors (Lipinski definition) is 3. The minimum absolute atomic E-state index is 0.0443. The molecule has 4 amide bonds. The summed E-state index contributed by atoms with van der Waals surface area (Å²) >= 11 is 0. The number of barbiturate groups is 1. The fourth-order valence-corrected chi connectivity index (χ4v) is 3.23. The van der Waals surface area contributed by atoms with E-state index in [0.29, 0.717) is 0 Å². The van der Waals surface area contributed by atoms with Gasteiger partial charge in [0.05, 0.1) is 0 Å². The minimum atomic E-state index is -0.724. The Morgan fingerprint density at radius 3 is 2.10 bits per heavy atom. The van der Waals surface area contributed by atoms with Gasteiger partial charge < -0.3 is 0 Å². The zero-order chi connectivity index (χ0) is 14.7. The van der Waals surface area contributed by atoms with E-state index in [4.69, 9.17) is 0 Å². The van der Waals surface area contributed by atoms with Crippen molar-refractivity contribution in [3.8, 4) is 0 Å². The zero-order valence-electron chi connectivity index (χ0n) is 12.4. The first-order valence-electron chi connectivity index (χ1n) is 7.70. The van der Waals surface area contributed by atoms with E-state index in [-0.39, 0.29) is 17.9 Å². The van der Waals surface area contributed by atoms with Crippen molar-refractivity contribution in [2.75, 3.05) is 0 Å². The van der Waals surface area contributed by atoms with Gasteiger partial charge in [-0.05, 0) is 18.8 Å². The molecule has 5 heteroatoms. The van der Waals surface area contributed by atoms with Gasteiger partial charge in [0.25, 0.3) is 0 Å². The number of imide groups is 2. The van der Waals surface area contributed by atoms with Gasteiger partial charge in [0.15, 0.2) is 0 Å². The fraction of sp³-hybridized carbons (Fsp3) is 0.800. The molecule has 0 aromatic rings. The van der Waals surface area contributed by atoms with Crippen molar-refractivity contribution in [3.63, 3.8) is 0 Å². The molecular formula is C15H24N2O3. The maximum absolute atomic E-state index is 12.5. The maximum Gasteiger partial charge on any atom is 0.331 e. The molecule has 0 radical (unpaired) electrons. The monoisotopic (exact) mass is 280 g/mol. The molecule has 0 aromatic carbocycles. The molecule has 2 fully saturated rings. The van der Waals surface area contributed by atoms with Crippen LogP contribution in [0.3, 0.4) is 0 Å². The van der Waals surface area contributed by atoms with Gasteiger partial charge in [0, 0.05) is 6.04 Å². The van der Waals surface area contributed by atoms with Crippen LogP contribution in [0.4, 0.5) is 4.79 Å². The Bertz CT molecular complexity index is 398. The van der Waals surface area contributed by atoms with E-state index < -0.39 is 17.9 Å². The highest BCUT2D eigenvalue weighted by molar-refractivity contribution is 6.16. The van der Waals surface area contributed by atoms with Crippen LogP contribution in [0.15, 0.2) is 0 Å². The van der Waals surface area contributed by atoms with Crippen molar-refractivity contribution in [2.24, 2.45) is 11.8 Å². The maximum atomic E-state index is 12.5. The first kappa shape index (κ1) is 15.0. The van der Waals surface area contributed by atoms with E-state index in [2.05, 4.69) is 5.32 Å². The van der Waals surface area contributed by atoms with E-state index >= 15 is 0 Å². The molecule has 112 valence electrons. The van der Waals surface area contributed by atoms with Crippen LogP contribution in [0.2, 0.25) is 0 Å². The lowest BCUT2D eigenvalue weighted by atomic mass is 9.89. The smallest absolute Gasteiger partial charge is 0.277 e. The van der Waals surface area contributed by atoms with Crippen LogP contribution in [0, 0.1) is 11.8 Å². The van der Waals surface area contributed by atoms with Crippen LogP contribution >= 0.6 is 0 Å². The van der Waals surface area contributed by atoms with Crippen molar-refractivity contribution < 1.29 is 14.4 Å². The molecular weight excluding hydrogens is 256 g/mol. The van der Waals surface area contributed by atoms with Gasteiger partial charge in [-0.15, -0.1) is 0 Å². The summed E-state index contributed by atoms with van der Waals surface area (Å²) in [6, 6.07) is -0.570. The number of nitrogens with one attached hydrogen (secondary N) is 1. The first-order valence-corrected chi connectivity index (χ1v) is 7.70. The van der Waals surface area contributed by atoms with Gasteiger partial charge in [-0.1, -0.05) is 46.0 Å². The molecule has 1 saturated heterocycles. The first-order chi connectivity index (χ1) is 9.52. The Kier molecular flexibility index (Phi) is 4.78. The summed E-state index contributed by atoms with van der Waals surface area (Å²) < 4.78 is 0. The number of carbonyl (C=O) groups is 3. The predicted octanol–water partition coefficient (Wildman–Crippen LogP) is 2.45. The number of rotatable bonds is 2. The van der Waals surface area contributed by atoms with Gasteiger partial charge in [-0.3, -0.25) is 19.8 Å². The van der Waals surface area contributed by atoms with Crippen molar-refractivity contribution >= 4 is 17.8 Å². The molecule has 0 spiro atoms. The van der Waals surface area contributed by atoms with Crippen LogP contribution in [-0.4, -0.2) is 28.8 Å². The number of carbonyl (C=O) groups excluding carboxylic acids is 3. The molecule has 1 aliphatic heterocycles. The summed E-state index contributed by atoms with van der Waals surface area (Å²) in [5, 5.41) is 2.35. The summed E-state index contributed by atoms with van der Waals surface area (Å²) in [7, 11) is 0. The average molecular weight is 280 g/mol. The zero-order valence-corrected chi connectivity index (χ0v) is 12.4. The van der Waals surface area contributed by atoms with Crippen LogP contribution in [0.1, 0.15) is 58.8 Å².